The van der Waals surface area contributed by atoms with Crippen LogP contribution in [0.25, 0.3) is 22.6 Å². The maximum absolute atomic E-state index is 12.3. The third-order valence-electron chi connectivity index (χ3n) is 4.10. The van der Waals surface area contributed by atoms with Gasteiger partial charge in [-0.15, -0.1) is 0 Å². The Labute approximate surface area is 155 Å². The molecule has 128 valence electrons. The largest absolute Gasteiger partial charge is 0.436 e. The third-order valence-corrected chi connectivity index (χ3v) is 4.51. The number of amides is 1. The van der Waals surface area contributed by atoms with Gasteiger partial charge in [-0.1, -0.05) is 35.9 Å². The fourth-order valence-corrected chi connectivity index (χ4v) is 2.83. The van der Waals surface area contributed by atoms with Gasteiger partial charge in [0.05, 0.1) is 0 Å². The molecule has 5 heteroatoms. The van der Waals surface area contributed by atoms with E-state index in [1.54, 1.807) is 30.3 Å². The molecule has 26 heavy (non-hydrogen) atoms. The summed E-state index contributed by atoms with van der Waals surface area (Å²) in [5.74, 6) is 0.326. The molecule has 1 N–H and O–H groups in total. The zero-order valence-corrected chi connectivity index (χ0v) is 14.7. The molecule has 0 unspecified atom stereocenters. The zero-order chi connectivity index (χ0) is 18.1. The Kier molecular flexibility index (Phi) is 4.19. The van der Waals surface area contributed by atoms with Crippen LogP contribution in [-0.2, 0) is 0 Å². The van der Waals surface area contributed by atoms with Crippen LogP contribution < -0.4 is 5.32 Å². The molecule has 0 fully saturated rings. The molecule has 0 atom stereocenters. The van der Waals surface area contributed by atoms with Crippen molar-refractivity contribution in [2.45, 2.75) is 6.92 Å². The minimum atomic E-state index is -0.168. The average Bonchev–Trinajstić information content (AvgIpc) is 3.08. The maximum Gasteiger partial charge on any atom is 0.255 e. The fraction of sp³-hybridized carbons (Fsp3) is 0.0476. The van der Waals surface area contributed by atoms with Gasteiger partial charge in [0.25, 0.3) is 5.91 Å². The SMILES string of the molecule is Cc1ccc(-c2nc3cc(NC(=O)c4ccccc4)ccc3o2)cc1Cl. The molecular formula is C21H15ClN2O2. The van der Waals surface area contributed by atoms with Crippen LogP contribution in [0.5, 0.6) is 0 Å². The number of hydrogen-bond acceptors (Lipinski definition) is 3. The molecule has 1 amide bonds. The van der Waals surface area contributed by atoms with Gasteiger partial charge in [-0.05, 0) is 55.0 Å². The van der Waals surface area contributed by atoms with Crippen molar-refractivity contribution in [2.75, 3.05) is 5.32 Å². The van der Waals surface area contributed by atoms with Crippen molar-refractivity contribution in [3.8, 4) is 11.5 Å². The number of aryl methyl sites for hydroxylation is 1. The summed E-state index contributed by atoms with van der Waals surface area (Å²) >= 11 is 6.19. The van der Waals surface area contributed by atoms with Crippen LogP contribution >= 0.6 is 11.6 Å². The van der Waals surface area contributed by atoms with Gasteiger partial charge in [0.1, 0.15) is 5.52 Å². The number of carbonyl (C=O) groups excluding carboxylic acids is 1. The molecule has 4 aromatic rings. The van der Waals surface area contributed by atoms with E-state index in [2.05, 4.69) is 10.3 Å². The monoisotopic (exact) mass is 362 g/mol. The molecule has 0 aliphatic heterocycles. The van der Waals surface area contributed by atoms with Crippen molar-refractivity contribution in [1.29, 1.82) is 0 Å². The summed E-state index contributed by atoms with van der Waals surface area (Å²) in [5, 5.41) is 3.54. The molecule has 0 spiro atoms. The Balaban J connectivity index is 1.63. The summed E-state index contributed by atoms with van der Waals surface area (Å²) in [6, 6.07) is 20.1. The summed E-state index contributed by atoms with van der Waals surface area (Å²) in [6.07, 6.45) is 0. The Morgan fingerprint density at radius 3 is 2.62 bits per heavy atom. The van der Waals surface area contributed by atoms with E-state index in [4.69, 9.17) is 16.0 Å². The number of anilines is 1. The molecule has 1 heterocycles. The lowest BCUT2D eigenvalue weighted by Gasteiger charge is -2.04. The number of oxazole rings is 1. The molecule has 0 aliphatic carbocycles. The van der Waals surface area contributed by atoms with Gasteiger partial charge in [0.2, 0.25) is 5.89 Å². The lowest BCUT2D eigenvalue weighted by molar-refractivity contribution is 0.102. The lowest BCUT2D eigenvalue weighted by atomic mass is 10.1. The van der Waals surface area contributed by atoms with Gasteiger partial charge in [0, 0.05) is 21.8 Å². The number of rotatable bonds is 3. The molecule has 0 radical (unpaired) electrons. The number of hydrogen-bond donors (Lipinski definition) is 1. The molecule has 4 rings (SSSR count). The topological polar surface area (TPSA) is 55.1 Å². The van der Waals surface area contributed by atoms with Crippen LogP contribution in [0, 0.1) is 6.92 Å². The zero-order valence-electron chi connectivity index (χ0n) is 14.0. The van der Waals surface area contributed by atoms with Crippen LogP contribution in [0.1, 0.15) is 15.9 Å². The Hall–Kier alpha value is -3.11. The summed E-state index contributed by atoms with van der Waals surface area (Å²) in [4.78, 5) is 16.8. The van der Waals surface area contributed by atoms with Crippen molar-refractivity contribution in [3.05, 3.63) is 82.9 Å². The Bertz CT molecular complexity index is 1100. The number of aromatic nitrogens is 1. The summed E-state index contributed by atoms with van der Waals surface area (Å²) in [7, 11) is 0. The minimum absolute atomic E-state index is 0.168. The van der Waals surface area contributed by atoms with Gasteiger partial charge in [-0.3, -0.25) is 4.79 Å². The number of carbonyl (C=O) groups is 1. The van der Waals surface area contributed by atoms with Crippen LogP contribution in [0.15, 0.2) is 71.1 Å². The lowest BCUT2D eigenvalue weighted by Crippen LogP contribution is -2.11. The average molecular weight is 363 g/mol. The predicted molar refractivity (Wildman–Crippen MR) is 104 cm³/mol. The van der Waals surface area contributed by atoms with Gasteiger partial charge in [0.15, 0.2) is 5.58 Å². The van der Waals surface area contributed by atoms with Crippen molar-refractivity contribution >= 4 is 34.3 Å². The van der Waals surface area contributed by atoms with Gasteiger partial charge < -0.3 is 9.73 Å². The Morgan fingerprint density at radius 2 is 1.85 bits per heavy atom. The highest BCUT2D eigenvalue weighted by Gasteiger charge is 2.11. The number of fused-ring (bicyclic) bond motifs is 1. The molecule has 0 bridgehead atoms. The number of benzene rings is 3. The third kappa shape index (κ3) is 3.19. The van der Waals surface area contributed by atoms with Crippen molar-refractivity contribution in [1.82, 2.24) is 4.98 Å². The predicted octanol–water partition coefficient (Wildman–Crippen LogP) is 5.71. The Morgan fingerprint density at radius 1 is 1.04 bits per heavy atom. The van der Waals surface area contributed by atoms with Crippen LogP contribution in [0.2, 0.25) is 5.02 Å². The van der Waals surface area contributed by atoms with Crippen molar-refractivity contribution in [2.24, 2.45) is 0 Å². The van der Waals surface area contributed by atoms with E-state index >= 15 is 0 Å². The molecule has 0 saturated carbocycles. The van der Waals surface area contributed by atoms with E-state index in [1.807, 2.05) is 43.3 Å². The van der Waals surface area contributed by atoms with E-state index in [9.17, 15) is 4.79 Å². The first-order valence-electron chi connectivity index (χ1n) is 8.14. The van der Waals surface area contributed by atoms with E-state index in [0.717, 1.165) is 11.1 Å². The van der Waals surface area contributed by atoms with Gasteiger partial charge >= 0.3 is 0 Å². The molecule has 4 nitrogen and oxygen atoms in total. The second-order valence-corrected chi connectivity index (χ2v) is 6.39. The van der Waals surface area contributed by atoms with E-state index in [0.29, 0.717) is 33.3 Å². The number of halogens is 1. The highest BCUT2D eigenvalue weighted by atomic mass is 35.5. The van der Waals surface area contributed by atoms with Crippen molar-refractivity contribution in [3.63, 3.8) is 0 Å². The first kappa shape index (κ1) is 16.4. The number of nitrogens with zero attached hydrogens (tertiary/aromatic N) is 1. The van der Waals surface area contributed by atoms with Gasteiger partial charge in [-0.2, -0.15) is 0 Å². The van der Waals surface area contributed by atoms with Gasteiger partial charge in [-0.25, -0.2) is 4.98 Å². The molecular weight excluding hydrogens is 348 g/mol. The summed E-state index contributed by atoms with van der Waals surface area (Å²) in [6.45, 7) is 1.94. The molecule has 0 aliphatic rings. The molecule has 0 saturated heterocycles. The molecule has 1 aromatic heterocycles. The molecule has 3 aromatic carbocycles. The van der Waals surface area contributed by atoms with Crippen LogP contribution in [0.4, 0.5) is 5.69 Å². The van der Waals surface area contributed by atoms with Crippen LogP contribution in [-0.4, -0.2) is 10.9 Å². The van der Waals surface area contributed by atoms with Crippen molar-refractivity contribution < 1.29 is 9.21 Å². The summed E-state index contributed by atoms with van der Waals surface area (Å²) in [5.41, 5.74) is 4.39. The standard InChI is InChI=1S/C21H15ClN2O2/c1-13-7-8-15(11-17(13)22)21-24-18-12-16(9-10-19(18)26-21)23-20(25)14-5-3-2-4-6-14/h2-12H,1H3,(H,23,25). The quantitative estimate of drug-likeness (QED) is 0.508. The van der Waals surface area contributed by atoms with Crippen LogP contribution in [0.3, 0.4) is 0 Å². The summed E-state index contributed by atoms with van der Waals surface area (Å²) < 4.78 is 5.81. The van der Waals surface area contributed by atoms with E-state index in [1.165, 1.54) is 0 Å². The smallest absolute Gasteiger partial charge is 0.255 e. The van der Waals surface area contributed by atoms with E-state index in [-0.39, 0.29) is 5.91 Å². The maximum atomic E-state index is 12.3. The second-order valence-electron chi connectivity index (χ2n) is 5.99. The number of nitrogens with one attached hydrogen (secondary N) is 1. The highest BCUT2D eigenvalue weighted by Crippen LogP contribution is 2.29. The first-order valence-corrected chi connectivity index (χ1v) is 8.51. The first-order chi connectivity index (χ1) is 12.6. The minimum Gasteiger partial charge on any atom is -0.436 e. The fourth-order valence-electron chi connectivity index (χ4n) is 2.65. The second kappa shape index (κ2) is 6.65. The van der Waals surface area contributed by atoms with E-state index < -0.39 is 0 Å². The normalized spacial score (nSPS) is 10.8. The highest BCUT2D eigenvalue weighted by molar-refractivity contribution is 6.31.